The lowest BCUT2D eigenvalue weighted by Gasteiger charge is -2.07. The van der Waals surface area contributed by atoms with Crippen molar-refractivity contribution in [3.63, 3.8) is 0 Å². The van der Waals surface area contributed by atoms with Gasteiger partial charge in [-0.3, -0.25) is 4.79 Å². The minimum absolute atomic E-state index is 0.202. The van der Waals surface area contributed by atoms with Gasteiger partial charge in [0.15, 0.2) is 0 Å². The average Bonchev–Trinajstić information content (AvgIpc) is 2.65. The Morgan fingerprint density at radius 2 is 1.69 bits per heavy atom. The van der Waals surface area contributed by atoms with E-state index in [0.29, 0.717) is 5.56 Å². The molecule has 0 heterocycles. The van der Waals surface area contributed by atoms with Crippen molar-refractivity contribution in [2.75, 3.05) is 0 Å². The van der Waals surface area contributed by atoms with E-state index in [9.17, 15) is 9.59 Å². The minimum atomic E-state index is -0.983. The average molecular weight is 411 g/mol. The van der Waals surface area contributed by atoms with Gasteiger partial charge in [0.25, 0.3) is 0 Å². The molecule has 0 aliphatic rings. The lowest BCUT2D eigenvalue weighted by atomic mass is 10.0. The lowest BCUT2D eigenvalue weighted by molar-refractivity contribution is -0.120. The molecule has 3 rings (SSSR count). The number of carbonyl (C=O) groups is 2. The molecule has 0 saturated carbocycles. The summed E-state index contributed by atoms with van der Waals surface area (Å²) in [7, 11) is 0. The first-order chi connectivity index (χ1) is 12.5. The van der Waals surface area contributed by atoms with Crippen LogP contribution in [0.5, 0.6) is 0 Å². The maximum Gasteiger partial charge on any atom is 0.335 e. The fraction of sp³-hybridized carbons (Fsp3) is 0.0500. The number of aromatic carboxylic acids is 1. The summed E-state index contributed by atoms with van der Waals surface area (Å²) in [5.74, 6) is -1.21. The fourth-order valence-corrected chi connectivity index (χ4v) is 3.06. The second kappa shape index (κ2) is 7.93. The molecular formula is C20H15BrN2O3. The lowest BCUT2D eigenvalue weighted by Crippen LogP contribution is -2.19. The van der Waals surface area contributed by atoms with Gasteiger partial charge in [0.05, 0.1) is 18.2 Å². The molecule has 6 heteroatoms. The summed E-state index contributed by atoms with van der Waals surface area (Å²) in [6, 6.07) is 17.9. The van der Waals surface area contributed by atoms with Crippen molar-refractivity contribution in [3.05, 3.63) is 81.8 Å². The summed E-state index contributed by atoms with van der Waals surface area (Å²) < 4.78 is 0.986. The van der Waals surface area contributed by atoms with E-state index in [1.54, 1.807) is 12.1 Å². The van der Waals surface area contributed by atoms with E-state index >= 15 is 0 Å². The molecule has 0 saturated heterocycles. The fourth-order valence-electron chi connectivity index (χ4n) is 2.58. The molecule has 0 aliphatic carbocycles. The second-order valence-electron chi connectivity index (χ2n) is 5.65. The van der Waals surface area contributed by atoms with Crippen molar-refractivity contribution < 1.29 is 14.7 Å². The smallest absolute Gasteiger partial charge is 0.335 e. The number of amides is 1. The molecule has 0 atom stereocenters. The molecule has 0 aromatic heterocycles. The third kappa shape index (κ3) is 4.15. The number of carboxylic acids is 1. The van der Waals surface area contributed by atoms with Gasteiger partial charge in [0.1, 0.15) is 0 Å². The Morgan fingerprint density at radius 1 is 1.00 bits per heavy atom. The topological polar surface area (TPSA) is 78.8 Å². The van der Waals surface area contributed by atoms with E-state index in [1.807, 2.05) is 36.4 Å². The standard InChI is InChI=1S/C20H15BrN2O3/c21-18-10-9-15(16-3-1-2-4-17(16)18)11-19(24)23-22-12-13-5-7-14(8-6-13)20(25)26/h1-10,12H,11H2,(H,23,24)(H,25,26)/b22-12-. The van der Waals surface area contributed by atoms with Crippen molar-refractivity contribution in [1.29, 1.82) is 0 Å². The number of halogens is 1. The van der Waals surface area contributed by atoms with Crippen LogP contribution in [0, 0.1) is 0 Å². The maximum atomic E-state index is 12.2. The van der Waals surface area contributed by atoms with E-state index in [1.165, 1.54) is 18.3 Å². The summed E-state index contributed by atoms with van der Waals surface area (Å²) in [4.78, 5) is 23.0. The Bertz CT molecular complexity index is 998. The number of nitrogens with zero attached hydrogens (tertiary/aromatic N) is 1. The van der Waals surface area contributed by atoms with Crippen LogP contribution in [-0.4, -0.2) is 23.2 Å². The van der Waals surface area contributed by atoms with Crippen LogP contribution in [0.1, 0.15) is 21.5 Å². The van der Waals surface area contributed by atoms with Crippen LogP contribution < -0.4 is 5.43 Å². The number of rotatable bonds is 5. The van der Waals surface area contributed by atoms with Crippen LogP contribution in [0.15, 0.2) is 70.2 Å². The number of carboxylic acid groups (broad SMARTS) is 1. The number of hydrazone groups is 1. The minimum Gasteiger partial charge on any atom is -0.478 e. The molecular weight excluding hydrogens is 396 g/mol. The SMILES string of the molecule is O=C(Cc1ccc(Br)c2ccccc12)N/N=C\c1ccc(C(=O)O)cc1. The summed E-state index contributed by atoms with van der Waals surface area (Å²) in [6.07, 6.45) is 1.69. The molecule has 26 heavy (non-hydrogen) atoms. The first-order valence-corrected chi connectivity index (χ1v) is 8.65. The van der Waals surface area contributed by atoms with E-state index in [0.717, 1.165) is 20.8 Å². The number of hydrogen-bond acceptors (Lipinski definition) is 3. The number of fused-ring (bicyclic) bond motifs is 1. The predicted molar refractivity (Wildman–Crippen MR) is 104 cm³/mol. The van der Waals surface area contributed by atoms with E-state index in [4.69, 9.17) is 5.11 Å². The van der Waals surface area contributed by atoms with Crippen LogP contribution in [0.3, 0.4) is 0 Å². The number of benzene rings is 3. The van der Waals surface area contributed by atoms with Gasteiger partial charge in [-0.2, -0.15) is 5.10 Å². The molecule has 0 radical (unpaired) electrons. The Hall–Kier alpha value is -2.99. The Kier molecular flexibility index (Phi) is 5.43. The highest BCUT2D eigenvalue weighted by molar-refractivity contribution is 9.10. The summed E-state index contributed by atoms with van der Waals surface area (Å²) >= 11 is 3.52. The van der Waals surface area contributed by atoms with Crippen molar-refractivity contribution in [2.24, 2.45) is 5.10 Å². The number of nitrogens with one attached hydrogen (secondary N) is 1. The van der Waals surface area contributed by atoms with Gasteiger partial charge >= 0.3 is 5.97 Å². The molecule has 2 N–H and O–H groups in total. The highest BCUT2D eigenvalue weighted by Gasteiger charge is 2.08. The maximum absolute atomic E-state index is 12.2. The molecule has 1 amide bonds. The molecule has 0 spiro atoms. The Labute approximate surface area is 158 Å². The zero-order valence-electron chi connectivity index (χ0n) is 13.6. The zero-order valence-corrected chi connectivity index (χ0v) is 15.2. The van der Waals surface area contributed by atoms with Crippen molar-refractivity contribution >= 4 is 44.8 Å². The molecule has 0 aliphatic heterocycles. The van der Waals surface area contributed by atoms with Gasteiger partial charge in [-0.05, 0) is 40.1 Å². The number of carbonyl (C=O) groups excluding carboxylic acids is 1. The monoisotopic (exact) mass is 410 g/mol. The van der Waals surface area contributed by atoms with Crippen LogP contribution in [0.25, 0.3) is 10.8 Å². The van der Waals surface area contributed by atoms with E-state index in [2.05, 4.69) is 26.5 Å². The first-order valence-electron chi connectivity index (χ1n) is 7.86. The normalized spacial score (nSPS) is 11.0. The van der Waals surface area contributed by atoms with E-state index < -0.39 is 5.97 Å². The zero-order chi connectivity index (χ0) is 18.5. The Balaban J connectivity index is 1.66. The highest BCUT2D eigenvalue weighted by Crippen LogP contribution is 2.27. The largest absolute Gasteiger partial charge is 0.478 e. The van der Waals surface area contributed by atoms with Crippen LogP contribution >= 0.6 is 15.9 Å². The molecule has 3 aromatic carbocycles. The van der Waals surface area contributed by atoms with Crippen LogP contribution in [0.2, 0.25) is 0 Å². The second-order valence-corrected chi connectivity index (χ2v) is 6.50. The first kappa shape index (κ1) is 17.8. The number of hydrogen-bond donors (Lipinski definition) is 2. The van der Waals surface area contributed by atoms with E-state index in [-0.39, 0.29) is 17.9 Å². The van der Waals surface area contributed by atoms with Gasteiger partial charge in [-0.1, -0.05) is 58.4 Å². The van der Waals surface area contributed by atoms with Crippen LogP contribution in [0.4, 0.5) is 0 Å². The summed E-state index contributed by atoms with van der Waals surface area (Å²) in [6.45, 7) is 0. The summed E-state index contributed by atoms with van der Waals surface area (Å²) in [5.41, 5.74) is 4.32. The third-order valence-electron chi connectivity index (χ3n) is 3.87. The Morgan fingerprint density at radius 3 is 2.38 bits per heavy atom. The molecule has 130 valence electrons. The summed E-state index contributed by atoms with van der Waals surface area (Å²) in [5, 5.41) is 14.9. The molecule has 0 unspecified atom stereocenters. The predicted octanol–water partition coefficient (Wildman–Crippen LogP) is 3.99. The highest BCUT2D eigenvalue weighted by atomic mass is 79.9. The van der Waals surface area contributed by atoms with Crippen molar-refractivity contribution in [2.45, 2.75) is 6.42 Å². The van der Waals surface area contributed by atoms with Gasteiger partial charge < -0.3 is 5.11 Å². The molecule has 0 bridgehead atoms. The van der Waals surface area contributed by atoms with Crippen molar-refractivity contribution in [3.8, 4) is 0 Å². The molecule has 3 aromatic rings. The van der Waals surface area contributed by atoms with Crippen molar-refractivity contribution in [1.82, 2.24) is 5.43 Å². The molecule has 0 fully saturated rings. The van der Waals surface area contributed by atoms with Gasteiger partial charge in [-0.25, -0.2) is 10.2 Å². The van der Waals surface area contributed by atoms with Crippen LogP contribution in [-0.2, 0) is 11.2 Å². The van der Waals surface area contributed by atoms with Gasteiger partial charge in [-0.15, -0.1) is 0 Å². The third-order valence-corrected chi connectivity index (χ3v) is 4.56. The quantitative estimate of drug-likeness (QED) is 0.492. The molecule has 5 nitrogen and oxygen atoms in total. The van der Waals surface area contributed by atoms with Gasteiger partial charge in [0, 0.05) is 4.47 Å². The van der Waals surface area contributed by atoms with Gasteiger partial charge in [0.2, 0.25) is 5.91 Å².